The molecule has 1 fully saturated rings. The molecule has 0 unspecified atom stereocenters. The van der Waals surface area contributed by atoms with E-state index in [4.69, 9.17) is 0 Å². The van der Waals surface area contributed by atoms with E-state index in [9.17, 15) is 9.59 Å². The zero-order valence-electron chi connectivity index (χ0n) is 14.8. The Balaban J connectivity index is 1.45. The first kappa shape index (κ1) is 16.6. The van der Waals surface area contributed by atoms with Gasteiger partial charge in [-0.2, -0.15) is 0 Å². The molecule has 5 heteroatoms. The second kappa shape index (κ2) is 7.20. The molecular weight excluding hydrogens is 326 g/mol. The van der Waals surface area contributed by atoms with E-state index in [0.717, 1.165) is 37.2 Å². The summed E-state index contributed by atoms with van der Waals surface area (Å²) in [7, 11) is 0. The Morgan fingerprint density at radius 1 is 0.962 bits per heavy atom. The molecule has 1 N–H and O–H groups in total. The number of para-hydroxylation sites is 2. The number of nitrogens with zero attached hydrogens (tertiary/aromatic N) is 2. The highest BCUT2D eigenvalue weighted by Crippen LogP contribution is 2.30. The average molecular weight is 349 g/mol. The molecule has 0 aromatic heterocycles. The highest BCUT2D eigenvalue weighted by Gasteiger charge is 2.23. The van der Waals surface area contributed by atoms with Gasteiger partial charge in [-0.05, 0) is 36.1 Å². The van der Waals surface area contributed by atoms with Crippen LogP contribution in [0.2, 0.25) is 0 Å². The lowest BCUT2D eigenvalue weighted by molar-refractivity contribution is -0.131. The summed E-state index contributed by atoms with van der Waals surface area (Å²) in [6.45, 7) is 2.57. The molecule has 0 bridgehead atoms. The fourth-order valence-electron chi connectivity index (χ4n) is 3.79. The van der Waals surface area contributed by atoms with E-state index in [2.05, 4.69) is 40.5 Å². The quantitative estimate of drug-likeness (QED) is 0.903. The van der Waals surface area contributed by atoms with Gasteiger partial charge < -0.3 is 15.1 Å². The largest absolute Gasteiger partial charge is 0.367 e. The van der Waals surface area contributed by atoms with Gasteiger partial charge in [-0.1, -0.05) is 36.4 Å². The Hall–Kier alpha value is -2.82. The Labute approximate surface area is 153 Å². The number of carbonyl (C=O) groups is 2. The van der Waals surface area contributed by atoms with Crippen molar-refractivity contribution in [1.29, 1.82) is 0 Å². The molecule has 0 atom stereocenters. The maximum absolute atomic E-state index is 12.4. The predicted octanol–water partition coefficient (Wildman–Crippen LogP) is 2.81. The summed E-state index contributed by atoms with van der Waals surface area (Å²) in [6, 6.07) is 16.4. The van der Waals surface area contributed by atoms with Crippen LogP contribution in [0.3, 0.4) is 0 Å². The van der Waals surface area contributed by atoms with E-state index in [1.807, 2.05) is 18.2 Å². The molecule has 5 nitrogen and oxygen atoms in total. The number of carbonyl (C=O) groups excluding carboxylic acids is 2. The van der Waals surface area contributed by atoms with Gasteiger partial charge in [-0.15, -0.1) is 0 Å². The summed E-state index contributed by atoms with van der Waals surface area (Å²) < 4.78 is 0. The maximum atomic E-state index is 12.4. The summed E-state index contributed by atoms with van der Waals surface area (Å²) in [6.07, 6.45) is 2.46. The number of fused-ring (bicyclic) bond motifs is 1. The average Bonchev–Trinajstić information content (AvgIpc) is 3.23. The van der Waals surface area contributed by atoms with Gasteiger partial charge in [-0.25, -0.2) is 0 Å². The van der Waals surface area contributed by atoms with Gasteiger partial charge in [0.25, 0.3) is 0 Å². The van der Waals surface area contributed by atoms with Crippen LogP contribution in [0.4, 0.5) is 11.4 Å². The summed E-state index contributed by atoms with van der Waals surface area (Å²) in [5.41, 5.74) is 4.57. The molecule has 0 aliphatic carbocycles. The van der Waals surface area contributed by atoms with Crippen molar-refractivity contribution in [3.8, 4) is 0 Å². The Bertz CT molecular complexity index is 834. The standard InChI is InChI=1S/C21H23N3O2/c25-20(15-24-12-5-10-21(24)26)22-18-8-3-1-7-17(18)14-23-13-11-16-6-2-4-9-19(16)23/h1-4,6-9H,5,10-15H2,(H,22,25). The number of hydrogen-bond donors (Lipinski definition) is 1. The van der Waals surface area contributed by atoms with Crippen LogP contribution in [0, 0.1) is 0 Å². The first-order valence-electron chi connectivity index (χ1n) is 9.19. The molecule has 2 aromatic rings. The van der Waals surface area contributed by atoms with Gasteiger partial charge in [0, 0.05) is 37.4 Å². The van der Waals surface area contributed by atoms with Gasteiger partial charge in [0.1, 0.15) is 0 Å². The van der Waals surface area contributed by atoms with Gasteiger partial charge >= 0.3 is 0 Å². The van der Waals surface area contributed by atoms with E-state index < -0.39 is 0 Å². The first-order valence-corrected chi connectivity index (χ1v) is 9.19. The number of likely N-dealkylation sites (tertiary alicyclic amines) is 1. The minimum Gasteiger partial charge on any atom is -0.367 e. The summed E-state index contributed by atoms with van der Waals surface area (Å²) in [5, 5.41) is 3.00. The van der Waals surface area contributed by atoms with Crippen molar-refractivity contribution in [3.05, 3.63) is 59.7 Å². The topological polar surface area (TPSA) is 52.7 Å². The van der Waals surface area contributed by atoms with E-state index >= 15 is 0 Å². The highest BCUT2D eigenvalue weighted by atomic mass is 16.2. The van der Waals surface area contributed by atoms with Crippen molar-refractivity contribution >= 4 is 23.2 Å². The van der Waals surface area contributed by atoms with Crippen LogP contribution in [-0.2, 0) is 22.6 Å². The number of hydrogen-bond acceptors (Lipinski definition) is 3. The molecule has 2 aliphatic heterocycles. The molecule has 0 spiro atoms. The first-order chi connectivity index (χ1) is 12.7. The SMILES string of the molecule is O=C(CN1CCCC1=O)Nc1ccccc1CN1CCc2ccccc21. The second-order valence-electron chi connectivity index (χ2n) is 6.92. The van der Waals surface area contributed by atoms with Crippen molar-refractivity contribution in [1.82, 2.24) is 4.90 Å². The molecular formula is C21H23N3O2. The summed E-state index contributed by atoms with van der Waals surface area (Å²) >= 11 is 0. The minimum atomic E-state index is -0.130. The lowest BCUT2D eigenvalue weighted by Gasteiger charge is -2.22. The number of benzene rings is 2. The summed E-state index contributed by atoms with van der Waals surface area (Å²) in [4.78, 5) is 28.1. The van der Waals surface area contributed by atoms with Crippen LogP contribution >= 0.6 is 0 Å². The van der Waals surface area contributed by atoms with Gasteiger partial charge in [0.15, 0.2) is 0 Å². The number of amides is 2. The summed E-state index contributed by atoms with van der Waals surface area (Å²) in [5.74, 6) is -0.0587. The predicted molar refractivity (Wildman–Crippen MR) is 102 cm³/mol. The van der Waals surface area contributed by atoms with E-state index in [-0.39, 0.29) is 18.4 Å². The fourth-order valence-corrected chi connectivity index (χ4v) is 3.79. The van der Waals surface area contributed by atoms with Gasteiger partial charge in [-0.3, -0.25) is 9.59 Å². The third-order valence-electron chi connectivity index (χ3n) is 5.14. The van der Waals surface area contributed by atoms with Crippen molar-refractivity contribution in [3.63, 3.8) is 0 Å². The lowest BCUT2D eigenvalue weighted by Crippen LogP contribution is -2.34. The Morgan fingerprint density at radius 3 is 2.62 bits per heavy atom. The monoisotopic (exact) mass is 349 g/mol. The zero-order chi connectivity index (χ0) is 17.9. The molecule has 134 valence electrons. The molecule has 2 aromatic carbocycles. The van der Waals surface area contributed by atoms with Crippen molar-refractivity contribution in [2.24, 2.45) is 0 Å². The molecule has 2 aliphatic rings. The lowest BCUT2D eigenvalue weighted by atomic mass is 10.1. The van der Waals surface area contributed by atoms with Crippen LogP contribution in [0.5, 0.6) is 0 Å². The van der Waals surface area contributed by atoms with Crippen molar-refractivity contribution in [2.45, 2.75) is 25.8 Å². The molecule has 0 saturated carbocycles. The van der Waals surface area contributed by atoms with Crippen LogP contribution in [0.1, 0.15) is 24.0 Å². The zero-order valence-corrected chi connectivity index (χ0v) is 14.8. The maximum Gasteiger partial charge on any atom is 0.244 e. The van der Waals surface area contributed by atoms with E-state index in [1.165, 1.54) is 11.3 Å². The molecule has 0 radical (unpaired) electrons. The number of anilines is 2. The van der Waals surface area contributed by atoms with E-state index in [0.29, 0.717) is 13.0 Å². The third kappa shape index (κ3) is 3.43. The van der Waals surface area contributed by atoms with Crippen molar-refractivity contribution < 1.29 is 9.59 Å². The smallest absolute Gasteiger partial charge is 0.244 e. The molecule has 26 heavy (non-hydrogen) atoms. The van der Waals surface area contributed by atoms with Gasteiger partial charge in [0.2, 0.25) is 11.8 Å². The molecule has 2 amide bonds. The van der Waals surface area contributed by atoms with Gasteiger partial charge in [0.05, 0.1) is 6.54 Å². The van der Waals surface area contributed by atoms with E-state index in [1.54, 1.807) is 4.90 Å². The van der Waals surface area contributed by atoms with Crippen molar-refractivity contribution in [2.75, 3.05) is 29.9 Å². The Morgan fingerprint density at radius 2 is 1.77 bits per heavy atom. The van der Waals surface area contributed by atoms with Crippen LogP contribution in [0.15, 0.2) is 48.5 Å². The van der Waals surface area contributed by atoms with Crippen LogP contribution < -0.4 is 10.2 Å². The molecule has 4 rings (SSSR count). The highest BCUT2D eigenvalue weighted by molar-refractivity contribution is 5.95. The fraction of sp³-hybridized carbons (Fsp3) is 0.333. The number of rotatable bonds is 5. The number of nitrogens with one attached hydrogen (secondary N) is 1. The molecule has 1 saturated heterocycles. The molecule has 2 heterocycles. The Kier molecular flexibility index (Phi) is 4.61. The third-order valence-corrected chi connectivity index (χ3v) is 5.14. The normalized spacial score (nSPS) is 16.1. The van der Waals surface area contributed by atoms with Crippen LogP contribution in [0.25, 0.3) is 0 Å². The van der Waals surface area contributed by atoms with Crippen LogP contribution in [-0.4, -0.2) is 36.3 Å². The second-order valence-corrected chi connectivity index (χ2v) is 6.92. The minimum absolute atomic E-state index is 0.0714.